The average Bonchev–Trinajstić information content (AvgIpc) is 2.99. The lowest BCUT2D eigenvalue weighted by molar-refractivity contribution is 0.0981. The van der Waals surface area contributed by atoms with E-state index in [1.807, 2.05) is 53.3 Å². The van der Waals surface area contributed by atoms with Crippen LogP contribution in [0.5, 0.6) is 17.2 Å². The summed E-state index contributed by atoms with van der Waals surface area (Å²) in [5, 5.41) is 10.5. The van der Waals surface area contributed by atoms with E-state index in [4.69, 9.17) is 4.74 Å². The van der Waals surface area contributed by atoms with Crippen molar-refractivity contribution in [3.8, 4) is 17.2 Å². The number of benzene rings is 5. The molecule has 0 aromatic heterocycles. The molecular formula is C32H26N2O7S2. The van der Waals surface area contributed by atoms with E-state index < -0.39 is 36.6 Å². The Bertz CT molecular complexity index is 1970. The minimum absolute atomic E-state index is 0.0976. The Morgan fingerprint density at radius 3 is 1.95 bits per heavy atom. The molecule has 0 unspecified atom stereocenters. The van der Waals surface area contributed by atoms with Crippen LogP contribution in [0.15, 0.2) is 137 Å². The molecule has 1 amide bonds. The summed E-state index contributed by atoms with van der Waals surface area (Å²) in [5.41, 5.74) is 1.93. The van der Waals surface area contributed by atoms with Crippen LogP contribution in [-0.4, -0.2) is 27.8 Å². The van der Waals surface area contributed by atoms with Crippen LogP contribution in [0.25, 0.3) is 0 Å². The zero-order chi connectivity index (χ0) is 30.5. The van der Waals surface area contributed by atoms with Crippen molar-refractivity contribution in [3.63, 3.8) is 0 Å². The van der Waals surface area contributed by atoms with E-state index in [2.05, 4.69) is 4.72 Å². The Hall–Kier alpha value is -5.13. The van der Waals surface area contributed by atoms with Crippen LogP contribution in [0.1, 0.15) is 21.5 Å². The van der Waals surface area contributed by atoms with Gasteiger partial charge in [-0.2, -0.15) is 0 Å². The number of anilines is 1. The standard InChI is InChI=1S/C32H26N2O7S2/c35-30-22-28(17-19-31(30)43(39,40)34-32(36)24-12-6-2-7-13-24)42(37,38)33-29-18-16-27(41-26-14-8-3-9-15-26)21-25(29)20-23-10-4-1-5-11-23/h1-19,21-22,33,35H,20H2,(H,34,36). The molecule has 0 heterocycles. The second kappa shape index (κ2) is 12.4. The first kappa shape index (κ1) is 29.4. The monoisotopic (exact) mass is 614 g/mol. The summed E-state index contributed by atoms with van der Waals surface area (Å²) in [4.78, 5) is 11.3. The lowest BCUT2D eigenvalue weighted by Crippen LogP contribution is -2.30. The van der Waals surface area contributed by atoms with Crippen LogP contribution >= 0.6 is 0 Å². The van der Waals surface area contributed by atoms with Crippen LogP contribution in [0.3, 0.4) is 0 Å². The van der Waals surface area contributed by atoms with Crippen molar-refractivity contribution in [1.29, 1.82) is 0 Å². The molecular weight excluding hydrogens is 588 g/mol. The summed E-state index contributed by atoms with van der Waals surface area (Å²) in [7, 11) is -8.79. The number of ether oxygens (including phenoxy) is 1. The van der Waals surface area contributed by atoms with Crippen LogP contribution < -0.4 is 14.2 Å². The van der Waals surface area contributed by atoms with Crippen molar-refractivity contribution in [2.45, 2.75) is 16.2 Å². The van der Waals surface area contributed by atoms with Gasteiger partial charge in [0.25, 0.3) is 26.0 Å². The zero-order valence-electron chi connectivity index (χ0n) is 22.5. The lowest BCUT2D eigenvalue weighted by atomic mass is 10.0. The minimum Gasteiger partial charge on any atom is -0.506 e. The maximum Gasteiger partial charge on any atom is 0.267 e. The van der Waals surface area contributed by atoms with E-state index in [1.165, 1.54) is 12.1 Å². The third kappa shape index (κ3) is 7.21. The number of phenols is 1. The van der Waals surface area contributed by atoms with Gasteiger partial charge in [0.05, 0.1) is 10.6 Å². The van der Waals surface area contributed by atoms with E-state index >= 15 is 0 Å². The number of sulfonamides is 2. The summed E-state index contributed by atoms with van der Waals surface area (Å²) in [6.45, 7) is 0. The molecule has 0 radical (unpaired) electrons. The number of aromatic hydroxyl groups is 1. The van der Waals surface area contributed by atoms with E-state index in [9.17, 15) is 26.7 Å². The van der Waals surface area contributed by atoms with Gasteiger partial charge < -0.3 is 9.84 Å². The first-order valence-electron chi connectivity index (χ1n) is 13.0. The summed E-state index contributed by atoms with van der Waals surface area (Å²) in [6.07, 6.45) is 0.383. The first-order valence-corrected chi connectivity index (χ1v) is 16.0. The summed E-state index contributed by atoms with van der Waals surface area (Å²) in [6, 6.07) is 34.0. The molecule has 0 aliphatic rings. The maximum atomic E-state index is 13.4. The van der Waals surface area contributed by atoms with Gasteiger partial charge in [0.15, 0.2) is 0 Å². The third-order valence-electron chi connectivity index (χ3n) is 6.33. The molecule has 0 atom stereocenters. The molecule has 0 spiro atoms. The minimum atomic E-state index is -4.51. The van der Waals surface area contributed by atoms with Crippen molar-refractivity contribution < 1.29 is 31.5 Å². The topological polar surface area (TPSA) is 139 Å². The van der Waals surface area contributed by atoms with Gasteiger partial charge in [-0.15, -0.1) is 0 Å². The molecule has 43 heavy (non-hydrogen) atoms. The van der Waals surface area contributed by atoms with E-state index in [0.717, 1.165) is 23.8 Å². The molecule has 0 aliphatic heterocycles. The third-order valence-corrected chi connectivity index (χ3v) is 9.07. The number of hydrogen-bond acceptors (Lipinski definition) is 7. The lowest BCUT2D eigenvalue weighted by Gasteiger charge is -2.16. The Labute approximate surface area is 249 Å². The van der Waals surface area contributed by atoms with Gasteiger partial charge in [0.2, 0.25) is 0 Å². The fourth-order valence-corrected chi connectivity index (χ4v) is 6.41. The van der Waals surface area contributed by atoms with Gasteiger partial charge in [-0.05, 0) is 72.1 Å². The van der Waals surface area contributed by atoms with E-state index in [1.54, 1.807) is 48.5 Å². The number of rotatable bonds is 10. The van der Waals surface area contributed by atoms with Gasteiger partial charge in [0, 0.05) is 11.6 Å². The molecule has 11 heteroatoms. The van der Waals surface area contributed by atoms with Gasteiger partial charge in [-0.3, -0.25) is 9.52 Å². The van der Waals surface area contributed by atoms with Crippen molar-refractivity contribution in [2.24, 2.45) is 0 Å². The average molecular weight is 615 g/mol. The zero-order valence-corrected chi connectivity index (χ0v) is 24.2. The van der Waals surface area contributed by atoms with Crippen molar-refractivity contribution in [2.75, 3.05) is 4.72 Å². The first-order chi connectivity index (χ1) is 20.6. The van der Waals surface area contributed by atoms with Crippen molar-refractivity contribution >= 4 is 31.6 Å². The maximum absolute atomic E-state index is 13.4. The largest absolute Gasteiger partial charge is 0.506 e. The summed E-state index contributed by atoms with van der Waals surface area (Å²) in [5.74, 6) is -0.617. The molecule has 0 bridgehead atoms. The molecule has 0 fully saturated rings. The van der Waals surface area contributed by atoms with E-state index in [-0.39, 0.29) is 16.1 Å². The molecule has 0 aliphatic carbocycles. The van der Waals surface area contributed by atoms with Crippen LogP contribution in [0, 0.1) is 0 Å². The molecule has 3 N–H and O–H groups in total. The highest BCUT2D eigenvalue weighted by atomic mass is 32.2. The van der Waals surface area contributed by atoms with Gasteiger partial charge in [0.1, 0.15) is 22.1 Å². The predicted molar refractivity (Wildman–Crippen MR) is 162 cm³/mol. The van der Waals surface area contributed by atoms with Gasteiger partial charge in [-0.25, -0.2) is 21.6 Å². The molecule has 218 valence electrons. The summed E-state index contributed by atoms with van der Waals surface area (Å²) >= 11 is 0. The fraction of sp³-hybridized carbons (Fsp3) is 0.0312. The number of carbonyl (C=O) groups is 1. The molecule has 5 aromatic carbocycles. The second-order valence-electron chi connectivity index (χ2n) is 9.43. The molecule has 0 saturated heterocycles. The van der Waals surface area contributed by atoms with Crippen molar-refractivity contribution in [1.82, 2.24) is 4.72 Å². The molecule has 9 nitrogen and oxygen atoms in total. The number of phenolic OH excluding ortho intramolecular Hbond substituents is 1. The van der Waals surface area contributed by atoms with Gasteiger partial charge >= 0.3 is 0 Å². The van der Waals surface area contributed by atoms with Crippen LogP contribution in [0.4, 0.5) is 5.69 Å². The molecule has 0 saturated carbocycles. The predicted octanol–water partition coefficient (Wildman–Crippen LogP) is 5.69. The number of nitrogens with one attached hydrogen (secondary N) is 2. The summed E-state index contributed by atoms with van der Waals surface area (Å²) < 4.78 is 62.7. The quantitative estimate of drug-likeness (QED) is 0.184. The number of hydrogen-bond donors (Lipinski definition) is 3. The number of carbonyl (C=O) groups excluding carboxylic acids is 1. The van der Waals surface area contributed by atoms with Crippen molar-refractivity contribution in [3.05, 3.63) is 144 Å². The number of para-hydroxylation sites is 1. The SMILES string of the molecule is O=C(NS(=O)(=O)c1ccc(S(=O)(=O)Nc2ccc(Oc3ccccc3)cc2Cc2ccccc2)cc1O)c1ccccc1. The number of amides is 1. The van der Waals surface area contributed by atoms with Crippen LogP contribution in [-0.2, 0) is 26.5 Å². The highest BCUT2D eigenvalue weighted by molar-refractivity contribution is 7.92. The molecule has 5 aromatic rings. The van der Waals surface area contributed by atoms with Gasteiger partial charge in [-0.1, -0.05) is 66.7 Å². The normalized spacial score (nSPS) is 11.4. The highest BCUT2D eigenvalue weighted by Crippen LogP contribution is 2.31. The fourth-order valence-electron chi connectivity index (χ4n) is 4.24. The smallest absolute Gasteiger partial charge is 0.267 e. The Balaban J connectivity index is 1.41. The Kier molecular flexibility index (Phi) is 8.46. The Morgan fingerprint density at radius 2 is 1.30 bits per heavy atom. The highest BCUT2D eigenvalue weighted by Gasteiger charge is 2.25. The second-order valence-corrected chi connectivity index (χ2v) is 12.8. The van der Waals surface area contributed by atoms with Crippen LogP contribution in [0.2, 0.25) is 0 Å². The molecule has 5 rings (SSSR count). The van der Waals surface area contributed by atoms with E-state index in [0.29, 0.717) is 23.5 Å². The Morgan fingerprint density at radius 1 is 0.674 bits per heavy atom.